The quantitative estimate of drug-likeness (QED) is 0.479. The van der Waals surface area contributed by atoms with Crippen molar-refractivity contribution in [2.24, 2.45) is 5.10 Å². The Morgan fingerprint density at radius 1 is 1.04 bits per heavy atom. The monoisotopic (exact) mass is 414 g/mol. The molecule has 140 valence electrons. The van der Waals surface area contributed by atoms with Gasteiger partial charge >= 0.3 is 0 Å². The Hall–Kier alpha value is -2.89. The van der Waals surface area contributed by atoms with Gasteiger partial charge in [0, 0.05) is 5.56 Å². The van der Waals surface area contributed by atoms with Gasteiger partial charge < -0.3 is 4.42 Å². The van der Waals surface area contributed by atoms with Crippen molar-refractivity contribution in [2.45, 2.75) is 6.92 Å². The first-order valence-corrected chi connectivity index (χ1v) is 9.10. The maximum Gasteiger partial charge on any atom is 0.280 e. The van der Waals surface area contributed by atoms with E-state index in [0.29, 0.717) is 38.5 Å². The van der Waals surface area contributed by atoms with Crippen molar-refractivity contribution < 1.29 is 13.6 Å². The molecule has 1 aliphatic rings. The molecule has 0 bridgehead atoms. The van der Waals surface area contributed by atoms with Crippen LogP contribution in [0, 0.1) is 5.82 Å². The van der Waals surface area contributed by atoms with E-state index in [4.69, 9.17) is 27.6 Å². The van der Waals surface area contributed by atoms with Gasteiger partial charge in [0.2, 0.25) is 0 Å². The van der Waals surface area contributed by atoms with Gasteiger partial charge in [0.1, 0.15) is 17.3 Å². The topological polar surface area (TPSA) is 45.8 Å². The summed E-state index contributed by atoms with van der Waals surface area (Å²) in [6.07, 6.45) is 1.63. The normalized spacial score (nSPS) is 15.4. The second-order valence-corrected chi connectivity index (χ2v) is 6.98. The smallest absolute Gasteiger partial charge is 0.280 e. The molecule has 0 N–H and O–H groups in total. The van der Waals surface area contributed by atoms with Gasteiger partial charge in [-0.3, -0.25) is 4.79 Å². The average molecular weight is 415 g/mol. The molecule has 1 aromatic heterocycles. The highest BCUT2D eigenvalue weighted by Gasteiger charge is 2.29. The van der Waals surface area contributed by atoms with Crippen molar-refractivity contribution in [3.63, 3.8) is 0 Å². The highest BCUT2D eigenvalue weighted by Crippen LogP contribution is 2.31. The lowest BCUT2D eigenvalue weighted by molar-refractivity contribution is -0.114. The van der Waals surface area contributed by atoms with E-state index in [1.165, 1.54) is 29.3 Å². The summed E-state index contributed by atoms with van der Waals surface area (Å²) in [7, 11) is 0. The zero-order chi connectivity index (χ0) is 19.8. The Labute approximate surface area is 170 Å². The van der Waals surface area contributed by atoms with Crippen molar-refractivity contribution in [1.29, 1.82) is 0 Å². The predicted octanol–water partition coefficient (Wildman–Crippen LogP) is 6.20. The van der Waals surface area contributed by atoms with Gasteiger partial charge in [-0.1, -0.05) is 23.2 Å². The molecule has 0 fully saturated rings. The van der Waals surface area contributed by atoms with Gasteiger partial charge in [0.25, 0.3) is 5.91 Å². The first kappa shape index (κ1) is 18.5. The zero-order valence-electron chi connectivity index (χ0n) is 14.6. The van der Waals surface area contributed by atoms with E-state index in [1.807, 2.05) is 0 Å². The van der Waals surface area contributed by atoms with Gasteiger partial charge in [-0.15, -0.1) is 0 Å². The van der Waals surface area contributed by atoms with Crippen LogP contribution in [0.4, 0.5) is 10.1 Å². The van der Waals surface area contributed by atoms with Crippen LogP contribution in [0.15, 0.2) is 69.7 Å². The van der Waals surface area contributed by atoms with Gasteiger partial charge in [0.05, 0.1) is 27.0 Å². The Morgan fingerprint density at radius 2 is 1.79 bits per heavy atom. The fourth-order valence-electron chi connectivity index (χ4n) is 2.82. The molecule has 28 heavy (non-hydrogen) atoms. The molecule has 2 aromatic carbocycles. The van der Waals surface area contributed by atoms with E-state index in [1.54, 1.807) is 43.3 Å². The van der Waals surface area contributed by atoms with E-state index in [2.05, 4.69) is 5.10 Å². The molecule has 0 saturated heterocycles. The van der Waals surface area contributed by atoms with Crippen LogP contribution >= 0.6 is 23.2 Å². The third-order valence-electron chi connectivity index (χ3n) is 4.25. The highest BCUT2D eigenvalue weighted by atomic mass is 35.5. The maximum absolute atomic E-state index is 13.1. The van der Waals surface area contributed by atoms with E-state index in [-0.39, 0.29) is 11.7 Å². The first-order valence-electron chi connectivity index (χ1n) is 8.35. The minimum Gasteiger partial charge on any atom is -0.457 e. The summed E-state index contributed by atoms with van der Waals surface area (Å²) < 4.78 is 18.9. The summed E-state index contributed by atoms with van der Waals surface area (Å²) in [5.74, 6) is 0.412. The lowest BCUT2D eigenvalue weighted by atomic mass is 10.1. The van der Waals surface area contributed by atoms with Crippen molar-refractivity contribution in [2.75, 3.05) is 5.01 Å². The summed E-state index contributed by atoms with van der Waals surface area (Å²) in [6.45, 7) is 1.73. The lowest BCUT2D eigenvalue weighted by Gasteiger charge is -2.11. The van der Waals surface area contributed by atoms with Crippen molar-refractivity contribution in [1.82, 2.24) is 0 Å². The standard InChI is InChI=1S/C21H13Cl2FN2O2/c1-12-17(21(27)26(25-12)15-5-3-14(24)4-6-15)11-16-7-9-20(28-16)13-2-8-18(22)19(23)10-13/h2-11H,1H3/b17-11-. The van der Waals surface area contributed by atoms with Crippen molar-refractivity contribution in [3.05, 3.63) is 81.8 Å². The number of hydrogen-bond acceptors (Lipinski definition) is 3. The zero-order valence-corrected chi connectivity index (χ0v) is 16.1. The van der Waals surface area contributed by atoms with Gasteiger partial charge in [-0.05, 0) is 67.6 Å². The lowest BCUT2D eigenvalue weighted by Crippen LogP contribution is -2.21. The van der Waals surface area contributed by atoms with E-state index in [9.17, 15) is 9.18 Å². The molecule has 1 aliphatic heterocycles. The number of benzene rings is 2. The summed E-state index contributed by atoms with van der Waals surface area (Å²) in [6, 6.07) is 14.3. The number of hydrazone groups is 1. The minimum absolute atomic E-state index is 0.309. The van der Waals surface area contributed by atoms with Crippen LogP contribution in [0.1, 0.15) is 12.7 Å². The number of halogens is 3. The predicted molar refractivity (Wildman–Crippen MR) is 109 cm³/mol. The van der Waals surface area contributed by atoms with E-state index < -0.39 is 0 Å². The molecule has 4 nitrogen and oxygen atoms in total. The molecule has 0 atom stereocenters. The molecule has 0 saturated carbocycles. The highest BCUT2D eigenvalue weighted by molar-refractivity contribution is 6.42. The van der Waals surface area contributed by atoms with Gasteiger partial charge in [0.15, 0.2) is 0 Å². The number of amides is 1. The second-order valence-electron chi connectivity index (χ2n) is 6.17. The second kappa shape index (κ2) is 7.26. The number of anilines is 1. The van der Waals surface area contributed by atoms with Crippen LogP contribution in [0.5, 0.6) is 0 Å². The van der Waals surface area contributed by atoms with Crippen LogP contribution in [0.25, 0.3) is 17.4 Å². The fourth-order valence-corrected chi connectivity index (χ4v) is 3.12. The first-order chi connectivity index (χ1) is 13.4. The Balaban J connectivity index is 1.62. The third kappa shape index (κ3) is 3.46. The Bertz CT molecular complexity index is 1130. The molecule has 3 aromatic rings. The molecular formula is C21H13Cl2FN2O2. The molecule has 0 spiro atoms. The van der Waals surface area contributed by atoms with Gasteiger partial charge in [-0.25, -0.2) is 4.39 Å². The molecule has 0 radical (unpaired) electrons. The summed E-state index contributed by atoms with van der Waals surface area (Å²) in [4.78, 5) is 12.7. The molecule has 0 aliphatic carbocycles. The number of nitrogens with zero attached hydrogens (tertiary/aromatic N) is 2. The Morgan fingerprint density at radius 3 is 2.50 bits per heavy atom. The average Bonchev–Trinajstić information content (AvgIpc) is 3.25. The number of hydrogen-bond donors (Lipinski definition) is 0. The van der Waals surface area contributed by atoms with Crippen LogP contribution in [-0.4, -0.2) is 11.6 Å². The van der Waals surface area contributed by atoms with Gasteiger partial charge in [-0.2, -0.15) is 10.1 Å². The van der Waals surface area contributed by atoms with Crippen molar-refractivity contribution >= 4 is 46.6 Å². The summed E-state index contributed by atoms with van der Waals surface area (Å²) in [5, 5.41) is 6.40. The van der Waals surface area contributed by atoms with Crippen LogP contribution < -0.4 is 5.01 Å². The van der Waals surface area contributed by atoms with E-state index >= 15 is 0 Å². The Kier molecular flexibility index (Phi) is 4.79. The number of carbonyl (C=O) groups is 1. The number of rotatable bonds is 3. The van der Waals surface area contributed by atoms with Crippen LogP contribution in [-0.2, 0) is 4.79 Å². The van der Waals surface area contributed by atoms with Crippen LogP contribution in [0.3, 0.4) is 0 Å². The number of carbonyl (C=O) groups excluding carboxylic acids is 1. The largest absolute Gasteiger partial charge is 0.457 e. The molecule has 0 unspecified atom stereocenters. The SMILES string of the molecule is CC1=NN(c2ccc(F)cc2)C(=O)/C1=C\c1ccc(-c2ccc(Cl)c(Cl)c2)o1. The molecule has 4 rings (SSSR count). The summed E-state index contributed by atoms with van der Waals surface area (Å²) in [5.41, 5.74) is 2.21. The fraction of sp³-hybridized carbons (Fsp3) is 0.0476. The molecular weight excluding hydrogens is 402 g/mol. The van der Waals surface area contributed by atoms with E-state index in [0.717, 1.165) is 5.56 Å². The molecule has 1 amide bonds. The molecule has 2 heterocycles. The third-order valence-corrected chi connectivity index (χ3v) is 4.99. The van der Waals surface area contributed by atoms with Crippen LogP contribution in [0.2, 0.25) is 10.0 Å². The maximum atomic E-state index is 13.1. The minimum atomic E-state index is -0.378. The summed E-state index contributed by atoms with van der Waals surface area (Å²) >= 11 is 12.0. The number of furan rings is 1. The van der Waals surface area contributed by atoms with Crippen molar-refractivity contribution in [3.8, 4) is 11.3 Å². The molecule has 7 heteroatoms.